The molecule has 0 saturated heterocycles. The third-order valence-electron chi connectivity index (χ3n) is 1.67. The molecule has 1 aromatic rings. The summed E-state index contributed by atoms with van der Waals surface area (Å²) in [5.74, 6) is 0. The van der Waals surface area contributed by atoms with E-state index < -0.39 is 0 Å². The minimum atomic E-state index is 0.390. The van der Waals surface area contributed by atoms with Gasteiger partial charge in [0.2, 0.25) is 0 Å². The predicted molar refractivity (Wildman–Crippen MR) is 65.9 cm³/mol. The van der Waals surface area contributed by atoms with Gasteiger partial charge in [0.1, 0.15) is 4.49 Å². The molecule has 14 heavy (non-hydrogen) atoms. The van der Waals surface area contributed by atoms with Gasteiger partial charge in [-0.15, -0.1) is 0 Å². The molecule has 0 aliphatic heterocycles. The monoisotopic (exact) mass is 246 g/mol. The Kier molecular flexibility index (Phi) is 5.46. The van der Waals surface area contributed by atoms with Gasteiger partial charge >= 0.3 is 0 Å². The molecule has 1 aromatic carbocycles. The third-order valence-corrected chi connectivity index (χ3v) is 3.51. The highest BCUT2D eigenvalue weighted by Crippen LogP contribution is 2.34. The topological polar surface area (TPSA) is 0 Å². The van der Waals surface area contributed by atoms with Gasteiger partial charge in [0, 0.05) is 9.80 Å². The van der Waals surface area contributed by atoms with Crippen LogP contribution in [0.25, 0.3) is 0 Å². The maximum atomic E-state index is 5.80. The Labute approximate surface area is 99.3 Å². The van der Waals surface area contributed by atoms with Crippen molar-refractivity contribution in [3.05, 3.63) is 39.7 Å². The Morgan fingerprint density at radius 2 is 1.86 bits per heavy atom. The molecule has 0 aromatic heterocycles. The zero-order chi connectivity index (χ0) is 10.4. The first-order valence-corrected chi connectivity index (χ1v) is 6.08. The fraction of sp³-hybridized carbons (Fsp3) is 0.273. The lowest BCUT2D eigenvalue weighted by Gasteiger charge is -2.05. The van der Waals surface area contributed by atoms with Gasteiger partial charge in [0.05, 0.1) is 0 Å². The molecule has 0 aliphatic carbocycles. The van der Waals surface area contributed by atoms with E-state index in [1.54, 1.807) is 11.8 Å². The Balaban J connectivity index is 2.71. The summed E-state index contributed by atoms with van der Waals surface area (Å²) in [6.45, 7) is 2.11. The smallest absolute Gasteiger partial charge is 0.0921 e. The lowest BCUT2D eigenvalue weighted by atomic mass is 10.3. The summed E-state index contributed by atoms with van der Waals surface area (Å²) >= 11 is 13.2. The molecule has 0 radical (unpaired) electrons. The second-order valence-corrected chi connectivity index (χ2v) is 4.97. The molecule has 0 nitrogen and oxygen atoms in total. The standard InChI is InChI=1S/C11H12Cl2S/c1-2-6-10(11(12)13)14-9-7-4-3-5-8-9/h3-5,7-8H,2,6H2,1H3. The van der Waals surface area contributed by atoms with Gasteiger partial charge in [-0.05, 0) is 18.6 Å². The first-order valence-electron chi connectivity index (χ1n) is 4.51. The highest BCUT2D eigenvalue weighted by Gasteiger charge is 2.03. The maximum Gasteiger partial charge on any atom is 0.116 e. The summed E-state index contributed by atoms with van der Waals surface area (Å²) in [4.78, 5) is 2.22. The van der Waals surface area contributed by atoms with E-state index in [1.807, 2.05) is 18.2 Å². The van der Waals surface area contributed by atoms with Crippen molar-refractivity contribution in [3.63, 3.8) is 0 Å². The van der Waals surface area contributed by atoms with Crippen molar-refractivity contribution in [2.75, 3.05) is 0 Å². The van der Waals surface area contributed by atoms with E-state index in [4.69, 9.17) is 23.2 Å². The zero-order valence-corrected chi connectivity index (χ0v) is 10.3. The van der Waals surface area contributed by atoms with Crippen LogP contribution in [0.2, 0.25) is 0 Å². The Morgan fingerprint density at radius 1 is 1.21 bits per heavy atom. The number of allylic oxidation sites excluding steroid dienone is 1. The van der Waals surface area contributed by atoms with Crippen LogP contribution in [0.15, 0.2) is 44.6 Å². The van der Waals surface area contributed by atoms with Crippen molar-refractivity contribution in [1.29, 1.82) is 0 Å². The van der Waals surface area contributed by atoms with Gasteiger partial charge in [-0.2, -0.15) is 0 Å². The van der Waals surface area contributed by atoms with Gasteiger partial charge < -0.3 is 0 Å². The van der Waals surface area contributed by atoms with Crippen LogP contribution in [0.1, 0.15) is 19.8 Å². The van der Waals surface area contributed by atoms with E-state index in [2.05, 4.69) is 19.1 Å². The number of thioether (sulfide) groups is 1. The minimum absolute atomic E-state index is 0.390. The van der Waals surface area contributed by atoms with E-state index in [0.717, 1.165) is 17.7 Å². The van der Waals surface area contributed by atoms with Gasteiger partial charge in [0.25, 0.3) is 0 Å². The normalized spacial score (nSPS) is 9.93. The van der Waals surface area contributed by atoms with Crippen LogP contribution >= 0.6 is 35.0 Å². The van der Waals surface area contributed by atoms with Crippen LogP contribution in [0.5, 0.6) is 0 Å². The average molecular weight is 247 g/mol. The molecule has 0 atom stereocenters. The molecule has 3 heteroatoms. The fourth-order valence-electron chi connectivity index (χ4n) is 1.04. The Bertz CT molecular complexity index is 302. The number of halogens is 2. The molecule has 1 rings (SSSR count). The number of hydrogen-bond donors (Lipinski definition) is 0. The van der Waals surface area contributed by atoms with Gasteiger partial charge in [-0.25, -0.2) is 0 Å². The first kappa shape index (κ1) is 12.0. The zero-order valence-electron chi connectivity index (χ0n) is 7.97. The van der Waals surface area contributed by atoms with E-state index in [1.165, 1.54) is 4.90 Å². The Morgan fingerprint density at radius 3 is 2.36 bits per heavy atom. The van der Waals surface area contributed by atoms with Crippen LogP contribution in [-0.2, 0) is 0 Å². The molecule has 0 fully saturated rings. The predicted octanol–water partition coefficient (Wildman–Crippen LogP) is 5.23. The summed E-state index contributed by atoms with van der Waals surface area (Å²) < 4.78 is 0.390. The van der Waals surface area contributed by atoms with E-state index in [0.29, 0.717) is 4.49 Å². The quantitative estimate of drug-likeness (QED) is 0.657. The summed E-state index contributed by atoms with van der Waals surface area (Å²) in [6, 6.07) is 10.1. The molecule has 0 aliphatic rings. The van der Waals surface area contributed by atoms with Gasteiger partial charge in [0.15, 0.2) is 0 Å². The van der Waals surface area contributed by atoms with Crippen molar-refractivity contribution in [1.82, 2.24) is 0 Å². The van der Waals surface area contributed by atoms with E-state index >= 15 is 0 Å². The average Bonchev–Trinajstić information content (AvgIpc) is 2.18. The maximum absolute atomic E-state index is 5.80. The van der Waals surface area contributed by atoms with Crippen molar-refractivity contribution in [2.45, 2.75) is 24.7 Å². The largest absolute Gasteiger partial charge is 0.116 e. The fourth-order valence-corrected chi connectivity index (χ4v) is 2.42. The van der Waals surface area contributed by atoms with Crippen LogP contribution in [-0.4, -0.2) is 0 Å². The molecule has 0 saturated carbocycles. The van der Waals surface area contributed by atoms with Crippen LogP contribution in [0, 0.1) is 0 Å². The molecule has 0 N–H and O–H groups in total. The van der Waals surface area contributed by atoms with Crippen molar-refractivity contribution in [3.8, 4) is 0 Å². The molecular weight excluding hydrogens is 235 g/mol. The molecule has 0 spiro atoms. The first-order chi connectivity index (χ1) is 6.74. The van der Waals surface area contributed by atoms with Crippen LogP contribution < -0.4 is 0 Å². The lowest BCUT2D eigenvalue weighted by molar-refractivity contribution is 0.947. The minimum Gasteiger partial charge on any atom is -0.0921 e. The van der Waals surface area contributed by atoms with E-state index in [-0.39, 0.29) is 0 Å². The van der Waals surface area contributed by atoms with Crippen molar-refractivity contribution >= 4 is 35.0 Å². The molecule has 0 bridgehead atoms. The highest BCUT2D eigenvalue weighted by molar-refractivity contribution is 8.03. The van der Waals surface area contributed by atoms with Crippen LogP contribution in [0.3, 0.4) is 0 Å². The van der Waals surface area contributed by atoms with Gasteiger partial charge in [-0.3, -0.25) is 0 Å². The van der Waals surface area contributed by atoms with E-state index in [9.17, 15) is 0 Å². The third kappa shape index (κ3) is 3.95. The number of benzene rings is 1. The second kappa shape index (κ2) is 6.39. The van der Waals surface area contributed by atoms with Gasteiger partial charge in [-0.1, -0.05) is 66.5 Å². The summed E-state index contributed by atoms with van der Waals surface area (Å²) in [6.07, 6.45) is 1.99. The second-order valence-electron chi connectivity index (χ2n) is 2.85. The summed E-state index contributed by atoms with van der Waals surface area (Å²) in [5.41, 5.74) is 0. The molecule has 0 heterocycles. The molecule has 0 amide bonds. The molecule has 0 unspecified atom stereocenters. The SMILES string of the molecule is CCCC(Sc1ccccc1)=C(Cl)Cl. The molecular formula is C11H12Cl2S. The van der Waals surface area contributed by atoms with Crippen molar-refractivity contribution in [2.24, 2.45) is 0 Å². The summed E-state index contributed by atoms with van der Waals surface area (Å²) in [7, 11) is 0. The lowest BCUT2D eigenvalue weighted by Crippen LogP contribution is -1.79. The Hall–Kier alpha value is -0.110. The summed E-state index contributed by atoms with van der Waals surface area (Å²) in [5, 5.41) is 0. The van der Waals surface area contributed by atoms with Crippen LogP contribution in [0.4, 0.5) is 0 Å². The number of hydrogen-bond acceptors (Lipinski definition) is 1. The highest BCUT2D eigenvalue weighted by atomic mass is 35.5. The molecule has 76 valence electrons. The van der Waals surface area contributed by atoms with Crippen molar-refractivity contribution < 1.29 is 0 Å². The number of rotatable bonds is 4.